The van der Waals surface area contributed by atoms with Gasteiger partial charge in [-0.2, -0.15) is 0 Å². The lowest BCUT2D eigenvalue weighted by atomic mass is 10.2. The fraction of sp³-hybridized carbons (Fsp3) is 0.150. The summed E-state index contributed by atoms with van der Waals surface area (Å²) in [6.07, 6.45) is 1.68. The third-order valence-electron chi connectivity index (χ3n) is 3.54. The number of ether oxygens (including phenoxy) is 2. The summed E-state index contributed by atoms with van der Waals surface area (Å²) in [5.41, 5.74) is 3.46. The van der Waals surface area contributed by atoms with Crippen LogP contribution in [0, 0.1) is 13.8 Å². The van der Waals surface area contributed by atoms with E-state index in [4.69, 9.17) is 9.47 Å². The van der Waals surface area contributed by atoms with Gasteiger partial charge < -0.3 is 9.47 Å². The molecule has 2 aromatic carbocycles. The molecular formula is C20H19NO2. The molecule has 116 valence electrons. The van der Waals surface area contributed by atoms with Gasteiger partial charge in [0.25, 0.3) is 0 Å². The van der Waals surface area contributed by atoms with Gasteiger partial charge in [-0.1, -0.05) is 48.0 Å². The van der Waals surface area contributed by atoms with E-state index >= 15 is 0 Å². The first kappa shape index (κ1) is 15.1. The van der Waals surface area contributed by atoms with Crippen LogP contribution in [0.5, 0.6) is 17.4 Å². The molecule has 3 rings (SSSR count). The van der Waals surface area contributed by atoms with E-state index in [-0.39, 0.29) is 0 Å². The maximum Gasteiger partial charge on any atom is 0.219 e. The van der Waals surface area contributed by atoms with Crippen LogP contribution in [-0.4, -0.2) is 4.98 Å². The summed E-state index contributed by atoms with van der Waals surface area (Å²) in [6.45, 7) is 4.61. The minimum atomic E-state index is 0.528. The molecule has 3 nitrogen and oxygen atoms in total. The molecule has 0 atom stereocenters. The van der Waals surface area contributed by atoms with Crippen molar-refractivity contribution in [1.29, 1.82) is 0 Å². The molecule has 23 heavy (non-hydrogen) atoms. The molecule has 0 bridgehead atoms. The van der Waals surface area contributed by atoms with Gasteiger partial charge in [0.15, 0.2) is 0 Å². The molecule has 0 aliphatic heterocycles. The average molecular weight is 305 g/mol. The third kappa shape index (κ3) is 4.10. The predicted molar refractivity (Wildman–Crippen MR) is 91.0 cm³/mol. The van der Waals surface area contributed by atoms with E-state index in [1.165, 1.54) is 5.56 Å². The van der Waals surface area contributed by atoms with Gasteiger partial charge in [0.1, 0.15) is 18.1 Å². The number of hydrogen-bond donors (Lipinski definition) is 0. The van der Waals surface area contributed by atoms with Crippen molar-refractivity contribution in [2.24, 2.45) is 0 Å². The Kier molecular flexibility index (Phi) is 4.57. The van der Waals surface area contributed by atoms with Crippen molar-refractivity contribution in [2.45, 2.75) is 20.5 Å². The van der Waals surface area contributed by atoms with Gasteiger partial charge in [0.2, 0.25) is 5.88 Å². The number of rotatable bonds is 5. The zero-order valence-electron chi connectivity index (χ0n) is 13.3. The van der Waals surface area contributed by atoms with Gasteiger partial charge in [-0.25, -0.2) is 4.98 Å². The normalized spacial score (nSPS) is 10.3. The smallest absolute Gasteiger partial charge is 0.219 e. The lowest BCUT2D eigenvalue weighted by Crippen LogP contribution is -1.96. The first-order valence-corrected chi connectivity index (χ1v) is 7.58. The van der Waals surface area contributed by atoms with E-state index in [9.17, 15) is 0 Å². The van der Waals surface area contributed by atoms with Crippen molar-refractivity contribution in [3.8, 4) is 17.4 Å². The number of hydrogen-bond acceptors (Lipinski definition) is 3. The molecule has 3 aromatic rings. The van der Waals surface area contributed by atoms with Crippen LogP contribution in [0.4, 0.5) is 0 Å². The van der Waals surface area contributed by atoms with Crippen LogP contribution in [0.2, 0.25) is 0 Å². The largest absolute Gasteiger partial charge is 0.487 e. The van der Waals surface area contributed by atoms with E-state index in [1.807, 2.05) is 43.3 Å². The Morgan fingerprint density at radius 1 is 0.870 bits per heavy atom. The van der Waals surface area contributed by atoms with Crippen molar-refractivity contribution in [2.75, 3.05) is 0 Å². The second-order valence-electron chi connectivity index (χ2n) is 5.47. The van der Waals surface area contributed by atoms with Crippen molar-refractivity contribution in [3.63, 3.8) is 0 Å². The zero-order valence-corrected chi connectivity index (χ0v) is 13.3. The summed E-state index contributed by atoms with van der Waals surface area (Å²) in [5, 5.41) is 0. The van der Waals surface area contributed by atoms with Crippen molar-refractivity contribution in [1.82, 2.24) is 4.98 Å². The number of aromatic nitrogens is 1. The number of pyridine rings is 1. The molecule has 1 heterocycles. The highest BCUT2D eigenvalue weighted by molar-refractivity contribution is 5.35. The standard InChI is InChI=1S/C20H19NO2/c1-15-7-9-17(10-8-15)14-22-18-11-12-20(21-13-18)23-19-6-4-3-5-16(19)2/h3-13H,14H2,1-2H3. The summed E-state index contributed by atoms with van der Waals surface area (Å²) in [4.78, 5) is 4.29. The average Bonchev–Trinajstić information content (AvgIpc) is 2.58. The highest BCUT2D eigenvalue weighted by Gasteiger charge is 2.02. The topological polar surface area (TPSA) is 31.4 Å². The van der Waals surface area contributed by atoms with Crippen molar-refractivity contribution in [3.05, 3.63) is 83.6 Å². The number of para-hydroxylation sites is 1. The van der Waals surface area contributed by atoms with E-state index in [0.717, 1.165) is 22.6 Å². The monoisotopic (exact) mass is 305 g/mol. The molecular weight excluding hydrogens is 286 g/mol. The summed E-state index contributed by atoms with van der Waals surface area (Å²) in [5.74, 6) is 2.10. The zero-order chi connectivity index (χ0) is 16.1. The molecule has 0 aliphatic carbocycles. The maximum absolute atomic E-state index is 5.77. The van der Waals surface area contributed by atoms with Gasteiger partial charge in [-0.3, -0.25) is 0 Å². The Labute approximate surface area is 136 Å². The molecule has 0 N–H and O–H groups in total. The minimum Gasteiger partial charge on any atom is -0.487 e. The first-order chi connectivity index (χ1) is 11.2. The number of benzene rings is 2. The molecule has 0 saturated heterocycles. The third-order valence-corrected chi connectivity index (χ3v) is 3.54. The van der Waals surface area contributed by atoms with Gasteiger partial charge in [-0.15, -0.1) is 0 Å². The highest BCUT2D eigenvalue weighted by Crippen LogP contribution is 2.24. The molecule has 0 radical (unpaired) electrons. The summed E-state index contributed by atoms with van der Waals surface area (Å²) >= 11 is 0. The van der Waals surface area contributed by atoms with Crippen LogP contribution in [0.1, 0.15) is 16.7 Å². The Hall–Kier alpha value is -2.81. The van der Waals surface area contributed by atoms with Gasteiger partial charge in [0.05, 0.1) is 6.20 Å². The second-order valence-corrected chi connectivity index (χ2v) is 5.47. The van der Waals surface area contributed by atoms with E-state index in [1.54, 1.807) is 6.20 Å². The molecule has 0 fully saturated rings. The van der Waals surface area contributed by atoms with Crippen LogP contribution < -0.4 is 9.47 Å². The van der Waals surface area contributed by atoms with Gasteiger partial charge in [0, 0.05) is 6.07 Å². The van der Waals surface area contributed by atoms with Crippen LogP contribution in [0.15, 0.2) is 66.9 Å². The van der Waals surface area contributed by atoms with Crippen LogP contribution in [0.25, 0.3) is 0 Å². The van der Waals surface area contributed by atoms with Gasteiger partial charge >= 0.3 is 0 Å². The molecule has 0 unspecified atom stereocenters. The predicted octanol–water partition coefficient (Wildman–Crippen LogP) is 5.07. The van der Waals surface area contributed by atoms with Crippen LogP contribution in [0.3, 0.4) is 0 Å². The molecule has 1 aromatic heterocycles. The molecule has 3 heteroatoms. The summed E-state index contributed by atoms with van der Waals surface area (Å²) in [6, 6.07) is 19.8. The molecule has 0 spiro atoms. The Morgan fingerprint density at radius 3 is 2.35 bits per heavy atom. The first-order valence-electron chi connectivity index (χ1n) is 7.58. The Morgan fingerprint density at radius 2 is 1.65 bits per heavy atom. The second kappa shape index (κ2) is 6.97. The fourth-order valence-corrected chi connectivity index (χ4v) is 2.15. The van der Waals surface area contributed by atoms with Crippen molar-refractivity contribution < 1.29 is 9.47 Å². The minimum absolute atomic E-state index is 0.528. The van der Waals surface area contributed by atoms with Crippen molar-refractivity contribution >= 4 is 0 Å². The number of nitrogens with zero attached hydrogens (tertiary/aromatic N) is 1. The quantitative estimate of drug-likeness (QED) is 0.659. The van der Waals surface area contributed by atoms with Crippen LogP contribution in [-0.2, 0) is 6.61 Å². The fourth-order valence-electron chi connectivity index (χ4n) is 2.15. The SMILES string of the molecule is Cc1ccc(COc2ccc(Oc3ccccc3C)nc2)cc1. The van der Waals surface area contributed by atoms with E-state index < -0.39 is 0 Å². The summed E-state index contributed by atoms with van der Waals surface area (Å²) in [7, 11) is 0. The highest BCUT2D eigenvalue weighted by atomic mass is 16.5. The molecule has 0 saturated carbocycles. The summed E-state index contributed by atoms with van der Waals surface area (Å²) < 4.78 is 11.5. The molecule has 0 aliphatic rings. The Bertz CT molecular complexity index is 764. The number of aryl methyl sites for hydroxylation is 2. The van der Waals surface area contributed by atoms with E-state index in [0.29, 0.717) is 12.5 Å². The van der Waals surface area contributed by atoms with Gasteiger partial charge in [-0.05, 0) is 37.1 Å². The van der Waals surface area contributed by atoms with Crippen LogP contribution >= 0.6 is 0 Å². The Balaban J connectivity index is 1.61. The van der Waals surface area contributed by atoms with E-state index in [2.05, 4.69) is 36.2 Å². The maximum atomic E-state index is 5.77. The lowest BCUT2D eigenvalue weighted by Gasteiger charge is -2.09. The lowest BCUT2D eigenvalue weighted by molar-refractivity contribution is 0.304. The molecule has 0 amide bonds.